The summed E-state index contributed by atoms with van der Waals surface area (Å²) in [4.78, 5) is 9.62. The third-order valence-electron chi connectivity index (χ3n) is 0.361. The molecule has 0 amide bonds. The number of aldehydes is 1. The predicted octanol–water partition coefficient (Wildman–Crippen LogP) is -1.50. The van der Waals surface area contributed by atoms with Crippen LogP contribution in [0.3, 0.4) is 0 Å². The molecule has 0 saturated carbocycles. The molecule has 1 atom stereocenters. The van der Waals surface area contributed by atoms with Gasteiger partial charge in [-0.15, -0.1) is 0 Å². The summed E-state index contributed by atoms with van der Waals surface area (Å²) in [6.07, 6.45) is 0.479. The van der Waals surface area contributed by atoms with Gasteiger partial charge < -0.3 is 15.6 Å². The number of hydrogen-bond acceptors (Lipinski definition) is 3. The largest absolute Gasteiger partial charge is 0.394 e. The zero-order valence-electron chi connectivity index (χ0n) is 4.22. The van der Waals surface area contributed by atoms with Crippen molar-refractivity contribution in [3.63, 3.8) is 0 Å². The zero-order chi connectivity index (χ0) is 5.70. The molecule has 0 aliphatic rings. The molecule has 3 heteroatoms. The van der Waals surface area contributed by atoms with E-state index in [4.69, 9.17) is 6.52 Å². The first-order valence-electron chi connectivity index (χ1n) is 2.08. The molecule has 3 N–H and O–H groups in total. The third kappa shape index (κ3) is 1.87. The highest BCUT2D eigenvalue weighted by Gasteiger charge is 1.90. The predicted molar refractivity (Wildman–Crippen MR) is 21.1 cm³/mol. The lowest BCUT2D eigenvalue weighted by atomic mass is 10.4. The van der Waals surface area contributed by atoms with E-state index in [1.807, 2.05) is 5.73 Å². The topological polar surface area (TPSA) is 63.3 Å². The Labute approximate surface area is 37.2 Å². The highest BCUT2D eigenvalue weighted by atomic mass is 16.3. The second-order valence-electron chi connectivity index (χ2n) is 0.925. The highest BCUT2D eigenvalue weighted by Crippen LogP contribution is 1.60. The van der Waals surface area contributed by atoms with Gasteiger partial charge in [-0.3, -0.25) is 0 Å². The maximum absolute atomic E-state index is 9.62. The summed E-state index contributed by atoms with van der Waals surface area (Å²) in [6, 6.07) is -0.722. The van der Waals surface area contributed by atoms with Crippen molar-refractivity contribution >= 4 is 6.29 Å². The van der Waals surface area contributed by atoms with Crippen LogP contribution in [0.15, 0.2) is 0 Å². The van der Waals surface area contributed by atoms with Crippen molar-refractivity contribution in [3.05, 3.63) is 0 Å². The number of hydrogen-bond donors (Lipinski definition) is 2. The fourth-order valence-electron chi connectivity index (χ4n) is 0.0430. The summed E-state index contributed by atoms with van der Waals surface area (Å²) < 4.78 is 6.32. The second-order valence-corrected chi connectivity index (χ2v) is 0.925. The van der Waals surface area contributed by atoms with Gasteiger partial charge in [-0.1, -0.05) is 0 Å². The van der Waals surface area contributed by atoms with Gasteiger partial charge in [-0.2, -0.15) is 0 Å². The molecule has 0 aromatic heterocycles. The van der Waals surface area contributed by atoms with Crippen molar-refractivity contribution in [2.24, 2.45) is 5.73 Å². The number of aliphatic hydroxyl groups is 1. The van der Waals surface area contributed by atoms with E-state index >= 15 is 0 Å². The minimum absolute atomic E-state index is 0.312. The second kappa shape index (κ2) is 2.81. The van der Waals surface area contributed by atoms with Gasteiger partial charge >= 0.3 is 0 Å². The zero-order valence-corrected chi connectivity index (χ0v) is 3.22. The number of rotatable bonds is 3. The first kappa shape index (κ1) is 3.77. The SMILES string of the molecule is [3H]N[C@H](C=O)CO. The summed E-state index contributed by atoms with van der Waals surface area (Å²) >= 11 is 0. The average Bonchev–Trinajstić information content (AvgIpc) is 1.72. The molecule has 0 unspecified atom stereocenters. The summed E-state index contributed by atoms with van der Waals surface area (Å²) in [5.74, 6) is 0. The molecule has 0 aliphatic carbocycles. The Balaban J connectivity index is 3.16. The molecule has 0 bridgehead atoms. The Morgan fingerprint density at radius 2 is 3.00 bits per heavy atom. The van der Waals surface area contributed by atoms with Gasteiger partial charge in [-0.05, 0) is 0 Å². The van der Waals surface area contributed by atoms with Gasteiger partial charge in [0.1, 0.15) is 7.70 Å². The van der Waals surface area contributed by atoms with Crippen LogP contribution in [0.4, 0.5) is 0 Å². The Morgan fingerprint density at radius 1 is 2.33 bits per heavy atom. The number of carbonyl (C=O) groups is 1. The van der Waals surface area contributed by atoms with Crippen molar-refractivity contribution in [2.45, 2.75) is 6.04 Å². The normalized spacial score (nSPS) is 15.8. The maximum Gasteiger partial charge on any atom is 0.139 e. The van der Waals surface area contributed by atoms with Crippen molar-refractivity contribution in [2.75, 3.05) is 6.61 Å². The number of nitrogens with two attached hydrogens (primary N) is 1. The minimum atomic E-state index is -0.722. The molecule has 0 spiro atoms. The van der Waals surface area contributed by atoms with Crippen LogP contribution >= 0.6 is 0 Å². The fraction of sp³-hybridized carbons (Fsp3) is 0.667. The van der Waals surface area contributed by atoms with E-state index in [0.717, 1.165) is 0 Å². The molecule has 0 saturated heterocycles. The molecule has 3 nitrogen and oxygen atoms in total. The van der Waals surface area contributed by atoms with Gasteiger partial charge in [0, 0.05) is 0 Å². The van der Waals surface area contributed by atoms with Crippen LogP contribution in [0, 0.1) is 0 Å². The lowest BCUT2D eigenvalue weighted by molar-refractivity contribution is -0.109. The third-order valence-corrected chi connectivity index (χ3v) is 0.361. The average molecular weight is 91.1 g/mol. The van der Waals surface area contributed by atoms with E-state index in [0.29, 0.717) is 6.29 Å². The summed E-state index contributed by atoms with van der Waals surface area (Å²) in [5.41, 5.74) is 1.83. The van der Waals surface area contributed by atoms with E-state index in [1.54, 1.807) is 0 Å². The summed E-state index contributed by atoms with van der Waals surface area (Å²) in [6.45, 7) is -0.312. The molecule has 0 heterocycles. The van der Waals surface area contributed by atoms with Gasteiger partial charge in [0.15, 0.2) is 0 Å². The van der Waals surface area contributed by atoms with E-state index in [9.17, 15) is 4.79 Å². The van der Waals surface area contributed by atoms with E-state index in [1.165, 1.54) is 0 Å². The Hall–Kier alpha value is -0.410. The molecule has 0 aromatic rings. The van der Waals surface area contributed by atoms with Crippen LogP contribution in [0.2, 0.25) is 1.41 Å². The molecule has 0 fully saturated rings. The number of carbonyl (C=O) groups excluding carboxylic acids is 1. The Bertz CT molecular complexity index is 54.9. The molecule has 0 radical (unpaired) electrons. The van der Waals surface area contributed by atoms with Gasteiger partial charge in [0.05, 0.1) is 12.6 Å². The van der Waals surface area contributed by atoms with Crippen molar-refractivity contribution < 1.29 is 11.3 Å². The maximum atomic E-state index is 9.62. The lowest BCUT2D eigenvalue weighted by Crippen LogP contribution is -2.25. The Kier molecular flexibility index (Phi) is 1.76. The van der Waals surface area contributed by atoms with Crippen LogP contribution in [0.1, 0.15) is 0 Å². The molecule has 0 aliphatic heterocycles. The monoisotopic (exact) mass is 91.1 g/mol. The smallest absolute Gasteiger partial charge is 0.139 e. The molecule has 6 heavy (non-hydrogen) atoms. The molecular weight excluding hydrogens is 82.0 g/mol. The summed E-state index contributed by atoms with van der Waals surface area (Å²) in [7, 11) is 0. The van der Waals surface area contributed by atoms with Gasteiger partial charge in [0.2, 0.25) is 0 Å². The van der Waals surface area contributed by atoms with E-state index in [2.05, 4.69) is 0 Å². The number of aliphatic hydroxyl groups excluding tert-OH is 1. The van der Waals surface area contributed by atoms with Crippen LogP contribution in [-0.4, -0.2) is 24.0 Å². The minimum Gasteiger partial charge on any atom is -0.394 e. The standard InChI is InChI=1S/C3H7NO2/c4-3(1-5)2-6/h1,3,6H,2,4H2/t3-/m1/s1/i/hT. The first-order chi connectivity index (χ1) is 3.35. The van der Waals surface area contributed by atoms with Crippen LogP contribution in [-0.2, 0) is 4.79 Å². The van der Waals surface area contributed by atoms with E-state index in [-0.39, 0.29) is 6.61 Å². The molecular formula is C3H7NO2. The van der Waals surface area contributed by atoms with Crippen LogP contribution in [0.5, 0.6) is 0 Å². The molecule has 36 valence electrons. The molecule has 0 aromatic carbocycles. The van der Waals surface area contributed by atoms with Gasteiger partial charge in [-0.25, -0.2) is 0 Å². The van der Waals surface area contributed by atoms with Crippen LogP contribution < -0.4 is 5.73 Å². The van der Waals surface area contributed by atoms with Crippen molar-refractivity contribution in [1.29, 1.82) is 0 Å². The van der Waals surface area contributed by atoms with Crippen molar-refractivity contribution in [1.82, 2.24) is 0 Å². The molecule has 0 rings (SSSR count). The summed E-state index contributed by atoms with van der Waals surface area (Å²) in [5, 5.41) is 8.11. The van der Waals surface area contributed by atoms with Crippen LogP contribution in [0.25, 0.3) is 0 Å². The first-order valence-corrected chi connectivity index (χ1v) is 1.58. The fourth-order valence-corrected chi connectivity index (χ4v) is 0.0430. The van der Waals surface area contributed by atoms with Gasteiger partial charge in [0.25, 0.3) is 0 Å². The Morgan fingerprint density at radius 3 is 3.00 bits per heavy atom. The van der Waals surface area contributed by atoms with E-state index < -0.39 is 6.04 Å². The highest BCUT2D eigenvalue weighted by molar-refractivity contribution is 5.56. The lowest BCUT2D eigenvalue weighted by Gasteiger charge is -1.90. The van der Waals surface area contributed by atoms with Crippen molar-refractivity contribution in [3.8, 4) is 0 Å². The quantitative estimate of drug-likeness (QED) is 0.416.